The summed E-state index contributed by atoms with van der Waals surface area (Å²) in [6.07, 6.45) is 1.27. The smallest absolute Gasteiger partial charge is 0.374 e. The van der Waals surface area contributed by atoms with E-state index in [0.717, 1.165) is 5.39 Å². The Morgan fingerprint density at radius 3 is 2.57 bits per heavy atom. The second-order valence-corrected chi connectivity index (χ2v) is 5.68. The van der Waals surface area contributed by atoms with Gasteiger partial charge in [0, 0.05) is 18.5 Å². The zero-order valence-corrected chi connectivity index (χ0v) is 11.8. The maximum Gasteiger partial charge on any atom is 0.374 e. The minimum atomic E-state index is -1.13. The minimum Gasteiger partial charge on any atom is -0.475 e. The number of nitrogens with zero attached hydrogens (tertiary/aromatic N) is 3. The van der Waals surface area contributed by atoms with Crippen LogP contribution in [0.1, 0.15) is 30.4 Å². The molecule has 0 unspecified atom stereocenters. The van der Waals surface area contributed by atoms with Gasteiger partial charge in [0.1, 0.15) is 5.82 Å². The largest absolute Gasteiger partial charge is 0.475 e. The lowest BCUT2D eigenvalue weighted by atomic mass is 9.94. The van der Waals surface area contributed by atoms with Gasteiger partial charge in [0.25, 0.3) is 0 Å². The molecule has 0 amide bonds. The first-order chi connectivity index (χ1) is 9.96. The number of hydrogen-bond donors (Lipinski definition) is 2. The van der Waals surface area contributed by atoms with Gasteiger partial charge in [-0.15, -0.1) is 0 Å². The molecule has 1 aliphatic rings. The standard InChI is InChI=1S/C15H17N3O3/c1-15(21)6-8-18(9-7-15)13-10-4-2-3-5-11(10)16-12(17-13)14(19)20/h2-5,21H,6-9H2,1H3,(H,19,20). The summed E-state index contributed by atoms with van der Waals surface area (Å²) in [4.78, 5) is 21.5. The molecule has 2 N–H and O–H groups in total. The topological polar surface area (TPSA) is 86.5 Å². The van der Waals surface area contributed by atoms with Gasteiger partial charge in [-0.1, -0.05) is 12.1 Å². The van der Waals surface area contributed by atoms with E-state index in [1.807, 2.05) is 30.0 Å². The molecule has 6 heteroatoms. The monoisotopic (exact) mass is 287 g/mol. The van der Waals surface area contributed by atoms with E-state index in [1.54, 1.807) is 6.07 Å². The number of carbonyl (C=O) groups is 1. The van der Waals surface area contributed by atoms with Gasteiger partial charge in [-0.25, -0.2) is 14.8 Å². The normalized spacial score (nSPS) is 17.9. The van der Waals surface area contributed by atoms with Crippen LogP contribution >= 0.6 is 0 Å². The van der Waals surface area contributed by atoms with E-state index in [4.69, 9.17) is 5.11 Å². The second kappa shape index (κ2) is 4.96. The first-order valence-electron chi connectivity index (χ1n) is 6.94. The van der Waals surface area contributed by atoms with Gasteiger partial charge >= 0.3 is 5.97 Å². The maximum atomic E-state index is 11.2. The number of anilines is 1. The summed E-state index contributed by atoms with van der Waals surface area (Å²) >= 11 is 0. The van der Waals surface area contributed by atoms with Gasteiger partial charge in [0.05, 0.1) is 11.1 Å². The van der Waals surface area contributed by atoms with Crippen LogP contribution in [0.2, 0.25) is 0 Å². The third-order valence-electron chi connectivity index (χ3n) is 3.91. The number of carboxylic acid groups (broad SMARTS) is 1. The summed E-state index contributed by atoms with van der Waals surface area (Å²) in [6, 6.07) is 7.39. The lowest BCUT2D eigenvalue weighted by Crippen LogP contribution is -2.43. The number of carboxylic acids is 1. The first kappa shape index (κ1) is 13.8. The fourth-order valence-electron chi connectivity index (χ4n) is 2.60. The van der Waals surface area contributed by atoms with Crippen molar-refractivity contribution in [2.24, 2.45) is 0 Å². The zero-order valence-electron chi connectivity index (χ0n) is 11.8. The third-order valence-corrected chi connectivity index (χ3v) is 3.91. The van der Waals surface area contributed by atoms with Crippen LogP contribution in [0.5, 0.6) is 0 Å². The number of para-hydroxylation sites is 1. The van der Waals surface area contributed by atoms with Gasteiger partial charge < -0.3 is 15.1 Å². The summed E-state index contributed by atoms with van der Waals surface area (Å²) in [5.74, 6) is -0.694. The molecule has 0 radical (unpaired) electrons. The van der Waals surface area contributed by atoms with Crippen molar-refractivity contribution < 1.29 is 15.0 Å². The van der Waals surface area contributed by atoms with Crippen molar-refractivity contribution in [2.45, 2.75) is 25.4 Å². The number of rotatable bonds is 2. The Kier molecular flexibility index (Phi) is 3.25. The Morgan fingerprint density at radius 2 is 1.90 bits per heavy atom. The van der Waals surface area contributed by atoms with Gasteiger partial charge in [-0.05, 0) is 31.9 Å². The summed E-state index contributed by atoms with van der Waals surface area (Å²) in [5.41, 5.74) is -0.0353. The van der Waals surface area contributed by atoms with E-state index in [2.05, 4.69) is 9.97 Å². The Bertz CT molecular complexity index is 690. The fourth-order valence-corrected chi connectivity index (χ4v) is 2.60. The van der Waals surface area contributed by atoms with Crippen LogP contribution in [0.4, 0.5) is 5.82 Å². The van der Waals surface area contributed by atoms with Crippen LogP contribution in [0.25, 0.3) is 10.9 Å². The van der Waals surface area contributed by atoms with Crippen LogP contribution in [-0.4, -0.2) is 44.8 Å². The average Bonchev–Trinajstić information content (AvgIpc) is 2.46. The van der Waals surface area contributed by atoms with Gasteiger partial charge in [-0.2, -0.15) is 0 Å². The van der Waals surface area contributed by atoms with Gasteiger partial charge in [0.15, 0.2) is 0 Å². The molecule has 21 heavy (non-hydrogen) atoms. The molecule has 110 valence electrons. The number of benzene rings is 1. The van der Waals surface area contributed by atoms with Crippen molar-refractivity contribution in [3.63, 3.8) is 0 Å². The first-order valence-corrected chi connectivity index (χ1v) is 6.94. The number of aromatic nitrogens is 2. The average molecular weight is 287 g/mol. The van der Waals surface area contributed by atoms with E-state index in [1.165, 1.54) is 0 Å². The van der Waals surface area contributed by atoms with Crippen molar-refractivity contribution in [2.75, 3.05) is 18.0 Å². The highest BCUT2D eigenvalue weighted by Gasteiger charge is 2.29. The lowest BCUT2D eigenvalue weighted by Gasteiger charge is -2.36. The molecule has 1 fully saturated rings. The third kappa shape index (κ3) is 2.67. The minimum absolute atomic E-state index is 0.193. The van der Waals surface area contributed by atoms with Gasteiger partial charge in [0.2, 0.25) is 5.82 Å². The summed E-state index contributed by atoms with van der Waals surface area (Å²) < 4.78 is 0. The van der Waals surface area contributed by atoms with Crippen LogP contribution in [0, 0.1) is 0 Å². The molecule has 2 aromatic rings. The maximum absolute atomic E-state index is 11.2. The van der Waals surface area contributed by atoms with Crippen molar-refractivity contribution >= 4 is 22.7 Å². The predicted molar refractivity (Wildman–Crippen MR) is 78.6 cm³/mol. The molecule has 6 nitrogen and oxygen atoms in total. The molecule has 2 heterocycles. The second-order valence-electron chi connectivity index (χ2n) is 5.68. The molecule has 0 bridgehead atoms. The molecule has 0 atom stereocenters. The molecule has 0 saturated carbocycles. The van der Waals surface area contributed by atoms with E-state index < -0.39 is 11.6 Å². The van der Waals surface area contributed by atoms with E-state index >= 15 is 0 Å². The van der Waals surface area contributed by atoms with E-state index in [-0.39, 0.29) is 5.82 Å². The molecule has 1 aromatic heterocycles. The Balaban J connectivity index is 2.06. The molecule has 1 aromatic carbocycles. The molecule has 1 saturated heterocycles. The van der Waals surface area contributed by atoms with Crippen molar-refractivity contribution in [3.8, 4) is 0 Å². The quantitative estimate of drug-likeness (QED) is 0.874. The fraction of sp³-hybridized carbons (Fsp3) is 0.400. The SMILES string of the molecule is CC1(O)CCN(c2nc(C(=O)O)nc3ccccc23)CC1. The van der Waals surface area contributed by atoms with Crippen molar-refractivity contribution in [1.82, 2.24) is 9.97 Å². The van der Waals surface area contributed by atoms with Crippen LogP contribution < -0.4 is 4.90 Å². The molecular weight excluding hydrogens is 270 g/mol. The van der Waals surface area contributed by atoms with Crippen molar-refractivity contribution in [3.05, 3.63) is 30.1 Å². The van der Waals surface area contributed by atoms with Gasteiger partial charge in [-0.3, -0.25) is 0 Å². The summed E-state index contributed by atoms with van der Waals surface area (Å²) in [6.45, 7) is 3.12. The number of fused-ring (bicyclic) bond motifs is 1. The molecule has 1 aliphatic heterocycles. The van der Waals surface area contributed by atoms with Crippen LogP contribution in [0.3, 0.4) is 0 Å². The van der Waals surface area contributed by atoms with E-state index in [0.29, 0.717) is 37.3 Å². The lowest BCUT2D eigenvalue weighted by molar-refractivity contribution is 0.0350. The highest BCUT2D eigenvalue weighted by molar-refractivity contribution is 5.93. The summed E-state index contributed by atoms with van der Waals surface area (Å²) in [5, 5.41) is 20.0. The van der Waals surface area contributed by atoms with Crippen LogP contribution in [0.15, 0.2) is 24.3 Å². The zero-order chi connectivity index (χ0) is 15.0. The molecular formula is C15H17N3O3. The Morgan fingerprint density at radius 1 is 1.24 bits per heavy atom. The Labute approximate surface area is 122 Å². The number of hydrogen-bond acceptors (Lipinski definition) is 5. The highest BCUT2D eigenvalue weighted by atomic mass is 16.4. The number of aliphatic hydroxyl groups is 1. The number of aromatic carboxylic acids is 1. The Hall–Kier alpha value is -2.21. The van der Waals surface area contributed by atoms with E-state index in [9.17, 15) is 9.90 Å². The molecule has 3 rings (SSSR count). The van der Waals surface area contributed by atoms with Crippen LogP contribution in [-0.2, 0) is 0 Å². The number of piperidine rings is 1. The highest BCUT2D eigenvalue weighted by Crippen LogP contribution is 2.29. The predicted octanol–water partition coefficient (Wildman–Crippen LogP) is 1.68. The molecule has 0 aliphatic carbocycles. The van der Waals surface area contributed by atoms with Crippen molar-refractivity contribution in [1.29, 1.82) is 0 Å². The molecule has 0 spiro atoms. The summed E-state index contributed by atoms with van der Waals surface area (Å²) in [7, 11) is 0.